The third-order valence-corrected chi connectivity index (χ3v) is 4.82. The van der Waals surface area contributed by atoms with Crippen molar-refractivity contribution < 1.29 is 19.2 Å². The number of nitrogens with zero attached hydrogens (tertiary/aromatic N) is 1. The van der Waals surface area contributed by atoms with Gasteiger partial charge in [0.1, 0.15) is 6.04 Å². The number of rotatable bonds is 5. The fraction of sp³-hybridized carbons (Fsp3) is 0.273. The number of hydrogen-bond acceptors (Lipinski definition) is 4. The van der Waals surface area contributed by atoms with E-state index in [0.29, 0.717) is 22.5 Å². The van der Waals surface area contributed by atoms with Crippen LogP contribution >= 0.6 is 0 Å². The Morgan fingerprint density at radius 1 is 0.931 bits per heavy atom. The van der Waals surface area contributed by atoms with Crippen LogP contribution in [0.5, 0.6) is 0 Å². The summed E-state index contributed by atoms with van der Waals surface area (Å²) in [4.78, 5) is 51.1. The Kier molecular flexibility index (Phi) is 5.50. The number of amides is 4. The number of benzene rings is 2. The summed E-state index contributed by atoms with van der Waals surface area (Å²) in [5.74, 6) is -1.92. The van der Waals surface area contributed by atoms with Crippen molar-refractivity contribution in [2.24, 2.45) is 5.92 Å². The summed E-state index contributed by atoms with van der Waals surface area (Å²) in [6.07, 6.45) is 0. The number of anilines is 2. The lowest BCUT2D eigenvalue weighted by atomic mass is 10.0. The van der Waals surface area contributed by atoms with Crippen LogP contribution in [0.25, 0.3) is 0 Å². The quantitative estimate of drug-likeness (QED) is 0.763. The van der Waals surface area contributed by atoms with Crippen molar-refractivity contribution in [3.63, 3.8) is 0 Å². The second-order valence-electron chi connectivity index (χ2n) is 7.41. The first kappa shape index (κ1) is 20.3. The highest BCUT2D eigenvalue weighted by Crippen LogP contribution is 2.28. The van der Waals surface area contributed by atoms with Crippen molar-refractivity contribution in [1.82, 2.24) is 4.90 Å². The predicted octanol–water partition coefficient (Wildman–Crippen LogP) is 3.21. The van der Waals surface area contributed by atoms with Crippen LogP contribution in [0.4, 0.5) is 11.4 Å². The molecule has 1 unspecified atom stereocenters. The zero-order chi connectivity index (χ0) is 21.3. The van der Waals surface area contributed by atoms with E-state index in [9.17, 15) is 19.2 Å². The average molecular weight is 393 g/mol. The molecule has 3 rings (SSSR count). The molecule has 0 fully saturated rings. The Morgan fingerprint density at radius 3 is 2.03 bits per heavy atom. The van der Waals surface area contributed by atoms with Crippen LogP contribution in [0.15, 0.2) is 42.5 Å². The van der Waals surface area contributed by atoms with E-state index >= 15 is 0 Å². The molecule has 0 aromatic heterocycles. The molecular formula is C22H23N3O4. The van der Waals surface area contributed by atoms with E-state index in [1.54, 1.807) is 56.3 Å². The van der Waals surface area contributed by atoms with Crippen LogP contribution in [-0.4, -0.2) is 34.6 Å². The molecular weight excluding hydrogens is 370 g/mol. The number of aryl methyl sites for hydroxylation is 1. The third kappa shape index (κ3) is 3.89. The van der Waals surface area contributed by atoms with Gasteiger partial charge in [-0.05, 0) is 42.7 Å². The lowest BCUT2D eigenvalue weighted by Gasteiger charge is -2.28. The summed E-state index contributed by atoms with van der Waals surface area (Å²) >= 11 is 0. The van der Waals surface area contributed by atoms with Gasteiger partial charge in [0.15, 0.2) is 0 Å². The molecule has 150 valence electrons. The van der Waals surface area contributed by atoms with E-state index < -0.39 is 23.8 Å². The van der Waals surface area contributed by atoms with E-state index in [0.717, 1.165) is 10.5 Å². The topological polar surface area (TPSA) is 95.6 Å². The van der Waals surface area contributed by atoms with Gasteiger partial charge >= 0.3 is 0 Å². The summed E-state index contributed by atoms with van der Waals surface area (Å²) in [5, 5.41) is 5.48. The molecule has 1 heterocycles. The van der Waals surface area contributed by atoms with Crippen LogP contribution in [0, 0.1) is 12.8 Å². The van der Waals surface area contributed by atoms with Crippen LogP contribution in [-0.2, 0) is 9.59 Å². The van der Waals surface area contributed by atoms with Gasteiger partial charge < -0.3 is 10.6 Å². The number of imide groups is 1. The lowest BCUT2D eigenvalue weighted by molar-refractivity contribution is -0.121. The average Bonchev–Trinajstić information content (AvgIpc) is 2.90. The molecule has 1 aliphatic rings. The van der Waals surface area contributed by atoms with Gasteiger partial charge in [0, 0.05) is 18.3 Å². The molecule has 0 saturated heterocycles. The number of nitrogens with one attached hydrogen (secondary N) is 2. The molecule has 2 aromatic rings. The molecule has 2 N–H and O–H groups in total. The van der Waals surface area contributed by atoms with Gasteiger partial charge in [-0.2, -0.15) is 0 Å². The predicted molar refractivity (Wildman–Crippen MR) is 110 cm³/mol. The minimum atomic E-state index is -0.965. The highest BCUT2D eigenvalue weighted by atomic mass is 16.2. The molecule has 7 nitrogen and oxygen atoms in total. The Labute approximate surface area is 169 Å². The van der Waals surface area contributed by atoms with Crippen LogP contribution < -0.4 is 10.6 Å². The SMILES string of the molecule is CC(=O)Nc1cc(NC(=O)C(C(C)C)N2C(=O)c3ccccc3C2=O)ccc1C. The fourth-order valence-electron chi connectivity index (χ4n) is 3.42. The Balaban J connectivity index is 1.88. The van der Waals surface area contributed by atoms with Gasteiger partial charge in [0.25, 0.3) is 11.8 Å². The van der Waals surface area contributed by atoms with Crippen molar-refractivity contribution in [3.05, 3.63) is 59.2 Å². The van der Waals surface area contributed by atoms with Gasteiger partial charge in [-0.3, -0.25) is 24.1 Å². The van der Waals surface area contributed by atoms with Gasteiger partial charge in [-0.25, -0.2) is 0 Å². The van der Waals surface area contributed by atoms with Crippen LogP contribution in [0.3, 0.4) is 0 Å². The first-order valence-electron chi connectivity index (χ1n) is 9.36. The maximum Gasteiger partial charge on any atom is 0.262 e. The molecule has 0 aliphatic carbocycles. The normalized spacial score (nSPS) is 14.0. The standard InChI is InChI=1S/C22H23N3O4/c1-12(2)19(25-21(28)16-7-5-6-8-17(16)22(25)29)20(27)24-15-10-9-13(3)18(11-15)23-14(4)26/h5-12,19H,1-4H3,(H,23,26)(H,24,27). The number of fused-ring (bicyclic) bond motifs is 1. The summed E-state index contributed by atoms with van der Waals surface area (Å²) in [6.45, 7) is 6.81. The summed E-state index contributed by atoms with van der Waals surface area (Å²) in [5.41, 5.74) is 2.50. The van der Waals surface area contributed by atoms with Crippen molar-refractivity contribution in [1.29, 1.82) is 0 Å². The molecule has 1 aliphatic heterocycles. The largest absolute Gasteiger partial charge is 0.326 e. The smallest absolute Gasteiger partial charge is 0.262 e. The van der Waals surface area contributed by atoms with Crippen molar-refractivity contribution in [3.8, 4) is 0 Å². The number of hydrogen-bond donors (Lipinski definition) is 2. The van der Waals surface area contributed by atoms with Crippen molar-refractivity contribution in [2.45, 2.75) is 33.7 Å². The lowest BCUT2D eigenvalue weighted by Crippen LogP contribution is -2.50. The monoisotopic (exact) mass is 393 g/mol. The van der Waals surface area contributed by atoms with E-state index in [4.69, 9.17) is 0 Å². The summed E-state index contributed by atoms with van der Waals surface area (Å²) < 4.78 is 0. The molecule has 0 saturated carbocycles. The third-order valence-electron chi connectivity index (χ3n) is 4.82. The van der Waals surface area contributed by atoms with Crippen LogP contribution in [0.1, 0.15) is 47.1 Å². The zero-order valence-corrected chi connectivity index (χ0v) is 16.8. The molecule has 0 bridgehead atoms. The Hall–Kier alpha value is -3.48. The fourth-order valence-corrected chi connectivity index (χ4v) is 3.42. The molecule has 4 amide bonds. The van der Waals surface area contributed by atoms with Crippen molar-refractivity contribution >= 4 is 35.0 Å². The maximum absolute atomic E-state index is 13.1. The van der Waals surface area contributed by atoms with E-state index in [-0.39, 0.29) is 11.8 Å². The van der Waals surface area contributed by atoms with Crippen molar-refractivity contribution in [2.75, 3.05) is 10.6 Å². The van der Waals surface area contributed by atoms with Gasteiger partial charge in [-0.15, -0.1) is 0 Å². The molecule has 1 atom stereocenters. The minimum Gasteiger partial charge on any atom is -0.326 e. The number of carbonyl (C=O) groups is 4. The summed E-state index contributed by atoms with van der Waals surface area (Å²) in [6, 6.07) is 10.7. The molecule has 2 aromatic carbocycles. The molecule has 0 spiro atoms. The summed E-state index contributed by atoms with van der Waals surface area (Å²) in [7, 11) is 0. The first-order chi connectivity index (χ1) is 13.7. The van der Waals surface area contributed by atoms with Gasteiger partial charge in [0.05, 0.1) is 11.1 Å². The Bertz CT molecular complexity index is 978. The van der Waals surface area contributed by atoms with Crippen LogP contribution in [0.2, 0.25) is 0 Å². The second-order valence-corrected chi connectivity index (χ2v) is 7.41. The van der Waals surface area contributed by atoms with E-state index in [1.165, 1.54) is 6.92 Å². The maximum atomic E-state index is 13.1. The van der Waals surface area contributed by atoms with E-state index in [2.05, 4.69) is 10.6 Å². The molecule has 7 heteroatoms. The first-order valence-corrected chi connectivity index (χ1v) is 9.36. The zero-order valence-electron chi connectivity index (χ0n) is 16.8. The highest BCUT2D eigenvalue weighted by Gasteiger charge is 2.43. The second kappa shape index (κ2) is 7.87. The minimum absolute atomic E-state index is 0.220. The molecule has 29 heavy (non-hydrogen) atoms. The molecule has 0 radical (unpaired) electrons. The van der Waals surface area contributed by atoms with Gasteiger partial charge in [-0.1, -0.05) is 32.0 Å². The van der Waals surface area contributed by atoms with Gasteiger partial charge in [0.2, 0.25) is 11.8 Å². The van der Waals surface area contributed by atoms with E-state index in [1.807, 2.05) is 6.92 Å². The highest BCUT2D eigenvalue weighted by molar-refractivity contribution is 6.23. The number of carbonyl (C=O) groups excluding carboxylic acids is 4. The Morgan fingerprint density at radius 2 is 1.52 bits per heavy atom.